The van der Waals surface area contributed by atoms with Gasteiger partial charge in [-0.2, -0.15) is 0 Å². The number of benzene rings is 2. The van der Waals surface area contributed by atoms with E-state index >= 15 is 0 Å². The van der Waals surface area contributed by atoms with E-state index < -0.39 is 0 Å². The van der Waals surface area contributed by atoms with Crippen LogP contribution in [0.15, 0.2) is 72.9 Å². The monoisotopic (exact) mass is 365 g/mol. The lowest BCUT2D eigenvalue weighted by Crippen LogP contribution is -2.46. The maximum absolute atomic E-state index is 13.4. The van der Waals surface area contributed by atoms with Gasteiger partial charge in [0.15, 0.2) is 5.11 Å². The average Bonchev–Trinajstić information content (AvgIpc) is 3.16. The van der Waals surface area contributed by atoms with Crippen molar-refractivity contribution in [3.05, 3.63) is 95.6 Å². The van der Waals surface area contributed by atoms with Crippen molar-refractivity contribution < 1.29 is 4.39 Å². The zero-order chi connectivity index (χ0) is 17.9. The molecule has 132 valence electrons. The van der Waals surface area contributed by atoms with Crippen molar-refractivity contribution in [1.29, 1.82) is 0 Å². The molecule has 26 heavy (non-hydrogen) atoms. The predicted molar refractivity (Wildman–Crippen MR) is 105 cm³/mol. The van der Waals surface area contributed by atoms with Crippen LogP contribution in [0.3, 0.4) is 0 Å². The Kier molecular flexibility index (Phi) is 4.71. The van der Waals surface area contributed by atoms with Crippen molar-refractivity contribution in [1.82, 2.24) is 14.8 Å². The van der Waals surface area contributed by atoms with Crippen molar-refractivity contribution >= 4 is 17.3 Å². The van der Waals surface area contributed by atoms with Crippen LogP contribution in [0.4, 0.5) is 4.39 Å². The third-order valence-electron chi connectivity index (χ3n) is 4.77. The molecular weight excluding hydrogens is 345 g/mol. The number of thiocarbonyl (C=S) groups is 1. The summed E-state index contributed by atoms with van der Waals surface area (Å²) in [6, 6.07) is 21.1. The maximum atomic E-state index is 13.4. The highest BCUT2D eigenvalue weighted by Gasteiger charge is 2.30. The summed E-state index contributed by atoms with van der Waals surface area (Å²) in [5.74, 6) is -0.226. The summed E-state index contributed by atoms with van der Waals surface area (Å²) < 4.78 is 15.6. The van der Waals surface area contributed by atoms with Crippen LogP contribution in [0.5, 0.6) is 0 Å². The first kappa shape index (κ1) is 16.8. The van der Waals surface area contributed by atoms with E-state index in [-0.39, 0.29) is 11.9 Å². The number of nitrogens with one attached hydrogen (secondary N) is 1. The third-order valence-corrected chi connectivity index (χ3v) is 5.15. The minimum absolute atomic E-state index is 0.0184. The van der Waals surface area contributed by atoms with Gasteiger partial charge in [-0.3, -0.25) is 0 Å². The highest BCUT2D eigenvalue weighted by Crippen LogP contribution is 2.32. The van der Waals surface area contributed by atoms with Crippen LogP contribution in [0, 0.1) is 5.82 Å². The highest BCUT2D eigenvalue weighted by atomic mass is 32.1. The van der Waals surface area contributed by atoms with Gasteiger partial charge in [-0.1, -0.05) is 42.5 Å². The van der Waals surface area contributed by atoms with E-state index in [2.05, 4.69) is 45.2 Å². The van der Waals surface area contributed by atoms with Gasteiger partial charge in [-0.05, 0) is 47.6 Å². The summed E-state index contributed by atoms with van der Waals surface area (Å²) in [4.78, 5) is 2.20. The highest BCUT2D eigenvalue weighted by molar-refractivity contribution is 7.80. The molecule has 0 saturated carbocycles. The Morgan fingerprint density at radius 3 is 2.54 bits per heavy atom. The van der Waals surface area contributed by atoms with E-state index in [1.807, 2.05) is 30.3 Å². The summed E-state index contributed by atoms with van der Waals surface area (Å²) in [7, 11) is 0. The summed E-state index contributed by atoms with van der Waals surface area (Å²) >= 11 is 5.71. The predicted octanol–water partition coefficient (Wildman–Crippen LogP) is 4.11. The molecule has 0 bridgehead atoms. The molecule has 0 aliphatic carbocycles. The summed E-state index contributed by atoms with van der Waals surface area (Å²) in [5, 5.41) is 4.09. The van der Waals surface area contributed by atoms with Gasteiger partial charge in [0.25, 0.3) is 0 Å². The molecule has 0 spiro atoms. The van der Waals surface area contributed by atoms with E-state index in [0.717, 1.165) is 23.8 Å². The molecule has 2 aromatic carbocycles. The van der Waals surface area contributed by atoms with Crippen LogP contribution in [-0.4, -0.2) is 21.1 Å². The summed E-state index contributed by atoms with van der Waals surface area (Å²) in [6.07, 6.45) is 2.09. The van der Waals surface area contributed by atoms with Gasteiger partial charge in [-0.25, -0.2) is 4.39 Å². The van der Waals surface area contributed by atoms with Crippen LogP contribution >= 0.6 is 12.2 Å². The number of nitrogens with zero attached hydrogens (tertiary/aromatic N) is 2. The number of halogens is 1. The fraction of sp³-hybridized carbons (Fsp3) is 0.190. The quantitative estimate of drug-likeness (QED) is 0.706. The normalized spacial score (nSPS) is 16.2. The first-order valence-electron chi connectivity index (χ1n) is 8.71. The Bertz CT molecular complexity index is 889. The van der Waals surface area contributed by atoms with Gasteiger partial charge >= 0.3 is 0 Å². The van der Waals surface area contributed by atoms with Crippen LogP contribution in [0.25, 0.3) is 0 Å². The first-order valence-corrected chi connectivity index (χ1v) is 9.12. The van der Waals surface area contributed by atoms with Crippen molar-refractivity contribution in [3.63, 3.8) is 0 Å². The van der Waals surface area contributed by atoms with Gasteiger partial charge in [0.2, 0.25) is 0 Å². The van der Waals surface area contributed by atoms with Crippen molar-refractivity contribution in [3.8, 4) is 0 Å². The van der Waals surface area contributed by atoms with Crippen molar-refractivity contribution in [2.75, 3.05) is 6.54 Å². The Hall–Kier alpha value is -2.66. The number of hydrogen-bond acceptors (Lipinski definition) is 1. The van der Waals surface area contributed by atoms with Crippen molar-refractivity contribution in [2.24, 2.45) is 0 Å². The molecule has 0 radical (unpaired) electrons. The number of rotatable bonds is 3. The minimum Gasteiger partial charge on any atom is -0.358 e. The molecule has 3 nitrogen and oxygen atoms in total. The van der Waals surface area contributed by atoms with E-state index in [4.69, 9.17) is 12.2 Å². The molecule has 1 aliphatic rings. The fourth-order valence-electron chi connectivity index (χ4n) is 3.47. The van der Waals surface area contributed by atoms with Crippen LogP contribution < -0.4 is 5.32 Å². The fourth-order valence-corrected chi connectivity index (χ4v) is 3.74. The second-order valence-electron chi connectivity index (χ2n) is 6.42. The van der Waals surface area contributed by atoms with E-state index in [1.54, 1.807) is 0 Å². The third kappa shape index (κ3) is 3.35. The molecule has 1 atom stereocenters. The van der Waals surface area contributed by atoms with Gasteiger partial charge in [-0.15, -0.1) is 0 Å². The molecule has 4 rings (SSSR count). The molecular formula is C21H20FN3S. The zero-order valence-corrected chi connectivity index (χ0v) is 15.1. The SMILES string of the molecule is Fc1ccc([C@H]2c3cccn3CCN2C(=S)NCc2ccccc2)cc1. The lowest BCUT2D eigenvalue weighted by atomic mass is 10.0. The smallest absolute Gasteiger partial charge is 0.170 e. The Morgan fingerprint density at radius 1 is 1.00 bits per heavy atom. The number of aromatic nitrogens is 1. The Labute approximate surface area is 158 Å². The Balaban J connectivity index is 1.59. The first-order chi connectivity index (χ1) is 12.7. The summed E-state index contributed by atoms with van der Waals surface area (Å²) in [6.45, 7) is 2.38. The lowest BCUT2D eigenvalue weighted by molar-refractivity contribution is 0.285. The zero-order valence-electron chi connectivity index (χ0n) is 14.3. The molecule has 0 unspecified atom stereocenters. The second kappa shape index (κ2) is 7.30. The maximum Gasteiger partial charge on any atom is 0.170 e. The molecule has 5 heteroatoms. The average molecular weight is 365 g/mol. The summed E-state index contributed by atoms with van der Waals surface area (Å²) in [5.41, 5.74) is 3.40. The van der Waals surface area contributed by atoms with E-state index in [0.29, 0.717) is 6.54 Å². The van der Waals surface area contributed by atoms with E-state index in [9.17, 15) is 4.39 Å². The molecule has 1 aromatic heterocycles. The molecule has 0 fully saturated rings. The van der Waals surface area contributed by atoms with Gasteiger partial charge in [0, 0.05) is 31.5 Å². The minimum atomic E-state index is -0.226. The molecule has 0 amide bonds. The molecule has 2 heterocycles. The Morgan fingerprint density at radius 2 is 1.77 bits per heavy atom. The van der Waals surface area contributed by atoms with E-state index in [1.165, 1.54) is 23.4 Å². The van der Waals surface area contributed by atoms with Gasteiger partial charge in [0.1, 0.15) is 5.82 Å². The standard InChI is InChI=1S/C21H20FN3S/c22-18-10-8-17(9-11-18)20-19-7-4-12-24(19)13-14-25(20)21(26)23-15-16-5-2-1-3-6-16/h1-12,20H,13-15H2,(H,23,26)/t20-/m0/s1. The van der Waals surface area contributed by atoms with Crippen LogP contribution in [0.1, 0.15) is 22.9 Å². The van der Waals surface area contributed by atoms with Crippen LogP contribution in [-0.2, 0) is 13.1 Å². The second-order valence-corrected chi connectivity index (χ2v) is 6.80. The number of fused-ring (bicyclic) bond motifs is 1. The van der Waals surface area contributed by atoms with Crippen molar-refractivity contribution in [2.45, 2.75) is 19.1 Å². The lowest BCUT2D eigenvalue weighted by Gasteiger charge is -2.39. The molecule has 1 aliphatic heterocycles. The number of hydrogen-bond donors (Lipinski definition) is 1. The molecule has 0 saturated heterocycles. The largest absolute Gasteiger partial charge is 0.358 e. The van der Waals surface area contributed by atoms with Gasteiger partial charge < -0.3 is 14.8 Å². The molecule has 3 aromatic rings. The topological polar surface area (TPSA) is 20.2 Å². The molecule has 1 N–H and O–H groups in total. The van der Waals surface area contributed by atoms with Gasteiger partial charge in [0.05, 0.1) is 6.04 Å². The van der Waals surface area contributed by atoms with Crippen LogP contribution in [0.2, 0.25) is 0 Å².